The van der Waals surface area contributed by atoms with Crippen LogP contribution in [0.4, 0.5) is 4.39 Å². The summed E-state index contributed by atoms with van der Waals surface area (Å²) in [7, 11) is 0. The van der Waals surface area contributed by atoms with Crippen molar-refractivity contribution in [2.45, 2.75) is 33.2 Å². The average Bonchev–Trinajstić information content (AvgIpc) is 2.61. The van der Waals surface area contributed by atoms with Crippen molar-refractivity contribution in [3.8, 4) is 11.5 Å². The zero-order valence-corrected chi connectivity index (χ0v) is 15.7. The van der Waals surface area contributed by atoms with E-state index in [1.54, 1.807) is 24.4 Å². The molecule has 3 rings (SSSR count). The smallest absolute Gasteiger partial charge is 0.238 e. The van der Waals surface area contributed by atoms with Crippen LogP contribution in [0, 0.1) is 17.2 Å². The molecule has 6 nitrogen and oxygen atoms in total. The number of benzene rings is 1. The molecule has 1 saturated carbocycles. The number of ether oxygens (including phenoxy) is 1. The zero-order valence-electron chi connectivity index (χ0n) is 15.7. The first-order chi connectivity index (χ1) is 13.2. The van der Waals surface area contributed by atoms with Crippen LogP contribution in [0.15, 0.2) is 42.7 Å². The number of aromatic nitrogens is 1. The van der Waals surface area contributed by atoms with Crippen molar-refractivity contribution < 1.29 is 23.5 Å². The van der Waals surface area contributed by atoms with E-state index in [0.717, 1.165) is 0 Å². The molecule has 1 aromatic carbocycles. The summed E-state index contributed by atoms with van der Waals surface area (Å²) in [5.74, 6) is -2.81. The molecule has 0 aliphatic heterocycles. The number of carbonyl (C=O) groups excluding carboxylic acids is 3. The third-order valence-electron chi connectivity index (χ3n) is 4.54. The monoisotopic (exact) mass is 384 g/mol. The Bertz CT molecular complexity index is 892. The third-order valence-corrected chi connectivity index (χ3v) is 4.54. The molecule has 1 aliphatic carbocycles. The van der Waals surface area contributed by atoms with Crippen LogP contribution in [-0.2, 0) is 20.9 Å². The molecule has 1 heterocycles. The number of hydrogen-bond acceptors (Lipinski definition) is 5. The van der Waals surface area contributed by atoms with E-state index in [4.69, 9.17) is 4.74 Å². The van der Waals surface area contributed by atoms with Gasteiger partial charge in [0.15, 0.2) is 29.1 Å². The standard InChI is InChI=1S/C21H21FN2O4/c1-21(2)9-16(25)19(17(26)10-21)20(27)24-11-13-5-6-18(15(22)8-13)28-14-4-3-7-23-12-14/h3-8,12,19H,9-11H2,1-2H3,(H,24,27). The second kappa shape index (κ2) is 7.88. The summed E-state index contributed by atoms with van der Waals surface area (Å²) in [5.41, 5.74) is 0.0680. The summed E-state index contributed by atoms with van der Waals surface area (Å²) in [6, 6.07) is 7.61. The molecular formula is C21H21FN2O4. The highest BCUT2D eigenvalue weighted by Gasteiger charge is 2.43. The third kappa shape index (κ3) is 4.60. The second-order valence-electron chi connectivity index (χ2n) is 7.66. The summed E-state index contributed by atoms with van der Waals surface area (Å²) >= 11 is 0. The van der Waals surface area contributed by atoms with Crippen molar-refractivity contribution in [1.29, 1.82) is 0 Å². The lowest BCUT2D eigenvalue weighted by atomic mass is 9.71. The van der Waals surface area contributed by atoms with Gasteiger partial charge in [0.2, 0.25) is 5.91 Å². The summed E-state index contributed by atoms with van der Waals surface area (Å²) < 4.78 is 19.7. The molecule has 146 valence electrons. The highest BCUT2D eigenvalue weighted by Crippen LogP contribution is 2.34. The minimum Gasteiger partial charge on any atom is -0.453 e. The van der Waals surface area contributed by atoms with E-state index in [9.17, 15) is 18.8 Å². The lowest BCUT2D eigenvalue weighted by Crippen LogP contribution is -2.46. The molecule has 1 amide bonds. The van der Waals surface area contributed by atoms with Crippen molar-refractivity contribution in [1.82, 2.24) is 10.3 Å². The van der Waals surface area contributed by atoms with Crippen LogP contribution < -0.4 is 10.1 Å². The molecule has 0 radical (unpaired) electrons. The lowest BCUT2D eigenvalue weighted by Gasteiger charge is -2.31. The van der Waals surface area contributed by atoms with Crippen LogP contribution in [0.2, 0.25) is 0 Å². The largest absolute Gasteiger partial charge is 0.453 e. The molecule has 1 aromatic heterocycles. The maximum absolute atomic E-state index is 14.3. The Morgan fingerprint density at radius 2 is 1.96 bits per heavy atom. The number of nitrogens with one attached hydrogen (secondary N) is 1. The summed E-state index contributed by atoms with van der Waals surface area (Å²) in [5, 5.41) is 2.56. The number of Topliss-reactive ketones (excluding diaryl/α,β-unsaturated/α-hetero) is 2. The van der Waals surface area contributed by atoms with E-state index in [0.29, 0.717) is 11.3 Å². The van der Waals surface area contributed by atoms with Gasteiger partial charge in [0.25, 0.3) is 0 Å². The first-order valence-corrected chi connectivity index (χ1v) is 8.95. The normalized spacial score (nSPS) is 16.7. The molecule has 1 aliphatic rings. The first kappa shape index (κ1) is 19.7. The van der Waals surface area contributed by atoms with Gasteiger partial charge in [0.05, 0.1) is 6.20 Å². The predicted octanol–water partition coefficient (Wildman–Crippen LogP) is 3.20. The van der Waals surface area contributed by atoms with Gasteiger partial charge in [0, 0.05) is 25.6 Å². The van der Waals surface area contributed by atoms with Crippen LogP contribution in [0.1, 0.15) is 32.3 Å². The van der Waals surface area contributed by atoms with Gasteiger partial charge < -0.3 is 10.1 Å². The molecule has 0 spiro atoms. The molecule has 2 aromatic rings. The number of halogens is 1. The fraction of sp³-hybridized carbons (Fsp3) is 0.333. The molecule has 0 unspecified atom stereocenters. The van der Waals surface area contributed by atoms with E-state index in [-0.39, 0.29) is 36.7 Å². The molecule has 0 saturated heterocycles. The number of amides is 1. The van der Waals surface area contributed by atoms with Crippen LogP contribution in [-0.4, -0.2) is 22.5 Å². The Kier molecular flexibility index (Phi) is 5.53. The zero-order chi connectivity index (χ0) is 20.3. The Morgan fingerprint density at radius 1 is 1.25 bits per heavy atom. The van der Waals surface area contributed by atoms with Crippen molar-refractivity contribution in [3.05, 3.63) is 54.1 Å². The van der Waals surface area contributed by atoms with E-state index in [1.165, 1.54) is 18.3 Å². The highest BCUT2D eigenvalue weighted by atomic mass is 19.1. The topological polar surface area (TPSA) is 85.4 Å². The van der Waals surface area contributed by atoms with Crippen molar-refractivity contribution in [2.75, 3.05) is 0 Å². The molecule has 1 fully saturated rings. The van der Waals surface area contributed by atoms with Gasteiger partial charge in [-0.1, -0.05) is 19.9 Å². The number of ketones is 2. The average molecular weight is 384 g/mol. The fourth-order valence-corrected chi connectivity index (χ4v) is 3.24. The molecule has 1 N–H and O–H groups in total. The number of pyridine rings is 1. The highest BCUT2D eigenvalue weighted by molar-refractivity contribution is 6.20. The molecular weight excluding hydrogens is 363 g/mol. The Morgan fingerprint density at radius 3 is 2.57 bits per heavy atom. The van der Waals surface area contributed by atoms with E-state index >= 15 is 0 Å². The second-order valence-corrected chi connectivity index (χ2v) is 7.66. The quantitative estimate of drug-likeness (QED) is 0.800. The maximum atomic E-state index is 14.3. The minimum atomic E-state index is -1.27. The van der Waals surface area contributed by atoms with Gasteiger partial charge in [-0.2, -0.15) is 0 Å². The fourth-order valence-electron chi connectivity index (χ4n) is 3.24. The van der Waals surface area contributed by atoms with Crippen LogP contribution >= 0.6 is 0 Å². The Hall–Kier alpha value is -3.09. The number of hydrogen-bond donors (Lipinski definition) is 1. The lowest BCUT2D eigenvalue weighted by molar-refractivity contribution is -0.146. The summed E-state index contributed by atoms with van der Waals surface area (Å²) in [6.45, 7) is 3.66. The Balaban J connectivity index is 1.61. The van der Waals surface area contributed by atoms with E-state index in [1.807, 2.05) is 13.8 Å². The van der Waals surface area contributed by atoms with E-state index in [2.05, 4.69) is 10.3 Å². The van der Waals surface area contributed by atoms with Crippen LogP contribution in [0.3, 0.4) is 0 Å². The SMILES string of the molecule is CC1(C)CC(=O)C(C(=O)NCc2ccc(Oc3cccnc3)c(F)c2)C(=O)C1. The van der Waals surface area contributed by atoms with E-state index < -0.39 is 23.1 Å². The van der Waals surface area contributed by atoms with Gasteiger partial charge in [-0.05, 0) is 35.2 Å². The van der Waals surface area contributed by atoms with Crippen molar-refractivity contribution in [3.63, 3.8) is 0 Å². The van der Waals surface area contributed by atoms with Crippen molar-refractivity contribution >= 4 is 17.5 Å². The van der Waals surface area contributed by atoms with Gasteiger partial charge in [-0.25, -0.2) is 4.39 Å². The molecule has 0 atom stereocenters. The van der Waals surface area contributed by atoms with Gasteiger partial charge >= 0.3 is 0 Å². The molecule has 0 bridgehead atoms. The predicted molar refractivity (Wildman–Crippen MR) is 99.1 cm³/mol. The maximum Gasteiger partial charge on any atom is 0.238 e. The van der Waals surface area contributed by atoms with Gasteiger partial charge in [-0.3, -0.25) is 19.4 Å². The van der Waals surface area contributed by atoms with Crippen LogP contribution in [0.25, 0.3) is 0 Å². The van der Waals surface area contributed by atoms with Crippen LogP contribution in [0.5, 0.6) is 11.5 Å². The summed E-state index contributed by atoms with van der Waals surface area (Å²) in [6.07, 6.45) is 3.42. The Labute approximate surface area is 162 Å². The summed E-state index contributed by atoms with van der Waals surface area (Å²) in [4.78, 5) is 40.6. The van der Waals surface area contributed by atoms with Gasteiger partial charge in [-0.15, -0.1) is 0 Å². The number of carbonyl (C=O) groups is 3. The van der Waals surface area contributed by atoms with Gasteiger partial charge in [0.1, 0.15) is 5.75 Å². The minimum absolute atomic E-state index is 0.00335. The number of nitrogens with zero attached hydrogens (tertiary/aromatic N) is 1. The first-order valence-electron chi connectivity index (χ1n) is 8.95. The van der Waals surface area contributed by atoms with Crippen molar-refractivity contribution in [2.24, 2.45) is 11.3 Å². The molecule has 7 heteroatoms. The number of rotatable bonds is 5. The molecule has 28 heavy (non-hydrogen) atoms.